The molecule has 5 heteroatoms. The molecule has 0 spiro atoms. The summed E-state index contributed by atoms with van der Waals surface area (Å²) >= 11 is -0.472. The number of hydrogen-bond donors (Lipinski definition) is 2. The van der Waals surface area contributed by atoms with Crippen molar-refractivity contribution in [1.82, 2.24) is 0 Å². The van der Waals surface area contributed by atoms with Crippen molar-refractivity contribution in [3.05, 3.63) is 71.8 Å². The van der Waals surface area contributed by atoms with Crippen LogP contribution in [0.3, 0.4) is 0 Å². The van der Waals surface area contributed by atoms with Crippen LogP contribution in [-0.2, 0) is 29.3 Å². The van der Waals surface area contributed by atoms with Gasteiger partial charge in [-0.05, 0) is 24.0 Å². The summed E-state index contributed by atoms with van der Waals surface area (Å²) in [5, 5.41) is 0. The first-order valence-electron chi connectivity index (χ1n) is 6.53. The van der Waals surface area contributed by atoms with Gasteiger partial charge in [-0.1, -0.05) is 60.7 Å². The maximum atomic E-state index is 6.44. The van der Waals surface area contributed by atoms with Crippen molar-refractivity contribution in [2.24, 2.45) is 11.5 Å². The normalized spacial score (nSPS) is 10.9. The predicted octanol–water partition coefficient (Wildman–Crippen LogP) is 3.50. The summed E-state index contributed by atoms with van der Waals surface area (Å²) < 4.78 is 0. The molecule has 0 heterocycles. The second-order valence-electron chi connectivity index (χ2n) is 4.94. The van der Waals surface area contributed by atoms with Gasteiger partial charge in [0.1, 0.15) is 0 Å². The molecular formula is C16H20Cl2N2Pt. The van der Waals surface area contributed by atoms with Gasteiger partial charge >= 0.3 is 35.3 Å². The Morgan fingerprint density at radius 3 is 1.43 bits per heavy atom. The molecule has 2 rings (SSSR count). The first-order chi connectivity index (χ1) is 10.1. The van der Waals surface area contributed by atoms with Gasteiger partial charge in [0.2, 0.25) is 0 Å². The molecule has 0 bridgehead atoms. The molecule has 118 valence electrons. The first-order valence-corrected chi connectivity index (χ1v) is 12.2. The van der Waals surface area contributed by atoms with Gasteiger partial charge in [-0.25, -0.2) is 0 Å². The van der Waals surface area contributed by atoms with E-state index in [-0.39, 0.29) is 5.54 Å². The number of nitrogens with two attached hydrogens (primary N) is 2. The van der Waals surface area contributed by atoms with Crippen LogP contribution in [0.4, 0.5) is 0 Å². The van der Waals surface area contributed by atoms with Crippen molar-refractivity contribution in [2.75, 3.05) is 6.54 Å². The fraction of sp³-hybridized carbons (Fsp3) is 0.250. The quantitative estimate of drug-likeness (QED) is 0.653. The second kappa shape index (κ2) is 10.4. The molecule has 2 nitrogen and oxygen atoms in total. The molecule has 0 aliphatic carbocycles. The van der Waals surface area contributed by atoms with Gasteiger partial charge in [-0.2, -0.15) is 0 Å². The molecule has 0 aliphatic heterocycles. The van der Waals surface area contributed by atoms with E-state index in [0.29, 0.717) is 6.54 Å². The Bertz CT molecular complexity index is 453. The third-order valence-corrected chi connectivity index (χ3v) is 3.20. The Morgan fingerprint density at radius 1 is 0.810 bits per heavy atom. The van der Waals surface area contributed by atoms with Crippen LogP contribution in [0.15, 0.2) is 60.7 Å². The SMILES string of the molecule is NCC(N)(Cc1ccccc1)Cc1ccccc1.[Cl][Pt][Cl]. The molecular weight excluding hydrogens is 486 g/mol. The van der Waals surface area contributed by atoms with E-state index in [1.807, 2.05) is 36.4 Å². The van der Waals surface area contributed by atoms with Crippen LogP contribution in [-0.4, -0.2) is 12.1 Å². The maximum absolute atomic E-state index is 6.44. The fourth-order valence-electron chi connectivity index (χ4n) is 2.21. The molecule has 0 aromatic heterocycles. The molecule has 0 fully saturated rings. The zero-order valence-corrected chi connectivity index (χ0v) is 15.4. The molecule has 0 saturated carbocycles. The Labute approximate surface area is 143 Å². The minimum atomic E-state index is -0.472. The van der Waals surface area contributed by atoms with Crippen molar-refractivity contribution in [3.8, 4) is 0 Å². The monoisotopic (exact) mass is 505 g/mol. The number of hydrogen-bond acceptors (Lipinski definition) is 2. The van der Waals surface area contributed by atoms with Crippen molar-refractivity contribution >= 4 is 18.8 Å². The topological polar surface area (TPSA) is 52.0 Å². The summed E-state index contributed by atoms with van der Waals surface area (Å²) in [5.74, 6) is 0. The summed E-state index contributed by atoms with van der Waals surface area (Å²) in [4.78, 5) is 0. The molecule has 0 atom stereocenters. The molecule has 0 amide bonds. The summed E-state index contributed by atoms with van der Waals surface area (Å²) in [7, 11) is 9.75. The minimum absolute atomic E-state index is 0.372. The van der Waals surface area contributed by atoms with Gasteiger partial charge in [0.15, 0.2) is 0 Å². The van der Waals surface area contributed by atoms with Crippen LogP contribution >= 0.6 is 18.8 Å². The van der Waals surface area contributed by atoms with Gasteiger partial charge in [-0.3, -0.25) is 0 Å². The van der Waals surface area contributed by atoms with Crippen LogP contribution in [0.1, 0.15) is 11.1 Å². The Kier molecular flexibility index (Phi) is 9.22. The number of halogens is 2. The number of rotatable bonds is 5. The molecule has 4 N–H and O–H groups in total. The zero-order chi connectivity index (χ0) is 15.6. The van der Waals surface area contributed by atoms with E-state index < -0.39 is 16.5 Å². The van der Waals surface area contributed by atoms with E-state index >= 15 is 0 Å². The number of benzene rings is 2. The van der Waals surface area contributed by atoms with Crippen LogP contribution < -0.4 is 11.5 Å². The summed E-state index contributed by atoms with van der Waals surface area (Å²) in [6.45, 7) is 0.483. The van der Waals surface area contributed by atoms with Gasteiger partial charge in [0.25, 0.3) is 0 Å². The molecule has 0 unspecified atom stereocenters. The zero-order valence-electron chi connectivity index (χ0n) is 11.6. The van der Waals surface area contributed by atoms with E-state index in [4.69, 9.17) is 30.3 Å². The van der Waals surface area contributed by atoms with Gasteiger partial charge in [0, 0.05) is 12.1 Å². The Morgan fingerprint density at radius 2 is 1.14 bits per heavy atom. The average Bonchev–Trinajstić information content (AvgIpc) is 2.50. The van der Waals surface area contributed by atoms with Crippen LogP contribution in [0.5, 0.6) is 0 Å². The summed E-state index contributed by atoms with van der Waals surface area (Å²) in [6.07, 6.45) is 1.61. The van der Waals surface area contributed by atoms with E-state index in [9.17, 15) is 0 Å². The third-order valence-electron chi connectivity index (χ3n) is 3.20. The Hall–Kier alpha value is -0.372. The first kappa shape index (κ1) is 18.7. The van der Waals surface area contributed by atoms with Gasteiger partial charge in [0.05, 0.1) is 0 Å². The van der Waals surface area contributed by atoms with E-state index in [1.54, 1.807) is 0 Å². The van der Waals surface area contributed by atoms with Crippen molar-refractivity contribution in [2.45, 2.75) is 18.4 Å². The van der Waals surface area contributed by atoms with E-state index in [0.717, 1.165) is 12.8 Å². The molecule has 0 radical (unpaired) electrons. The second-order valence-corrected chi connectivity index (χ2v) is 8.22. The van der Waals surface area contributed by atoms with E-state index in [1.165, 1.54) is 11.1 Å². The Balaban J connectivity index is 0.000000677. The molecule has 21 heavy (non-hydrogen) atoms. The average molecular weight is 506 g/mol. The van der Waals surface area contributed by atoms with Crippen LogP contribution in [0.25, 0.3) is 0 Å². The van der Waals surface area contributed by atoms with Gasteiger partial charge in [-0.15, -0.1) is 0 Å². The predicted molar refractivity (Wildman–Crippen MR) is 88.0 cm³/mol. The van der Waals surface area contributed by atoms with Crippen LogP contribution in [0.2, 0.25) is 0 Å². The van der Waals surface area contributed by atoms with Crippen LogP contribution in [0, 0.1) is 0 Å². The van der Waals surface area contributed by atoms with Crippen molar-refractivity contribution in [1.29, 1.82) is 0 Å². The van der Waals surface area contributed by atoms with Crippen molar-refractivity contribution < 1.29 is 16.5 Å². The molecule has 0 aliphatic rings. The third kappa shape index (κ3) is 7.44. The molecule has 0 saturated heterocycles. The standard InChI is InChI=1S/C16H20N2.2ClH.Pt/c17-13-16(18,11-14-7-3-1-4-8-14)12-15-9-5-2-6-10-15;;;/h1-10H,11-13,17-18H2;2*1H;/q;;;+2/p-2. The van der Waals surface area contributed by atoms with E-state index in [2.05, 4.69) is 24.3 Å². The fourth-order valence-corrected chi connectivity index (χ4v) is 2.21. The van der Waals surface area contributed by atoms with Gasteiger partial charge < -0.3 is 11.5 Å². The molecule has 2 aromatic rings. The van der Waals surface area contributed by atoms with Crippen molar-refractivity contribution in [3.63, 3.8) is 0 Å². The molecule has 2 aromatic carbocycles. The summed E-state index contributed by atoms with van der Waals surface area (Å²) in [6, 6.07) is 20.6. The summed E-state index contributed by atoms with van der Waals surface area (Å²) in [5.41, 5.74) is 14.4.